The van der Waals surface area contributed by atoms with Crippen molar-refractivity contribution in [1.82, 2.24) is 4.98 Å². The Hall–Kier alpha value is -4.39. The topological polar surface area (TPSA) is 62.2 Å². The molecule has 0 saturated heterocycles. The Bertz CT molecular complexity index is 1200. The summed E-state index contributed by atoms with van der Waals surface area (Å²) in [6.07, 6.45) is 1.13. The van der Waals surface area contributed by atoms with E-state index in [0.29, 0.717) is 0 Å². The van der Waals surface area contributed by atoms with Crippen molar-refractivity contribution in [3.63, 3.8) is 0 Å². The molecular formula is C27H21F3N2O2. The number of rotatable bonds is 5. The fraction of sp³-hybridized carbons (Fsp3) is 0.0370. The van der Waals surface area contributed by atoms with Crippen LogP contribution in [0.3, 0.4) is 0 Å². The molecule has 7 heteroatoms. The van der Waals surface area contributed by atoms with Crippen LogP contribution in [-0.4, -0.2) is 16.1 Å². The Morgan fingerprint density at radius 2 is 1.38 bits per heavy atom. The number of benzene rings is 3. The van der Waals surface area contributed by atoms with E-state index in [0.717, 1.165) is 12.1 Å². The Kier molecular flexibility index (Phi) is 8.18. The molecule has 0 spiro atoms. The molecule has 4 rings (SSSR count). The van der Waals surface area contributed by atoms with Crippen molar-refractivity contribution >= 4 is 29.6 Å². The number of carbonyl (C=O) groups is 1. The van der Waals surface area contributed by atoms with Crippen LogP contribution in [0, 0.1) is 0 Å². The Balaban J connectivity index is 0.000000202. The first-order valence-electron chi connectivity index (χ1n) is 10.2. The highest BCUT2D eigenvalue weighted by Gasteiger charge is 2.30. The first kappa shape index (κ1) is 24.3. The van der Waals surface area contributed by atoms with Gasteiger partial charge < -0.3 is 10.4 Å². The zero-order valence-electron chi connectivity index (χ0n) is 17.9. The van der Waals surface area contributed by atoms with Crippen LogP contribution in [0.2, 0.25) is 0 Å². The van der Waals surface area contributed by atoms with Crippen LogP contribution in [0.5, 0.6) is 0 Å². The lowest BCUT2D eigenvalue weighted by atomic mass is 10.1. The maximum Gasteiger partial charge on any atom is 0.416 e. The zero-order valence-corrected chi connectivity index (χ0v) is 17.9. The lowest BCUT2D eigenvalue weighted by molar-refractivity contribution is -0.137. The van der Waals surface area contributed by atoms with Crippen LogP contribution in [0.25, 0.3) is 12.2 Å². The summed E-state index contributed by atoms with van der Waals surface area (Å²) in [6, 6.07) is 27.8. The van der Waals surface area contributed by atoms with Crippen molar-refractivity contribution in [3.8, 4) is 0 Å². The summed E-state index contributed by atoms with van der Waals surface area (Å²) in [7, 11) is 0. The van der Waals surface area contributed by atoms with Gasteiger partial charge in [0, 0.05) is 11.9 Å². The largest absolute Gasteiger partial charge is 0.478 e. The summed E-state index contributed by atoms with van der Waals surface area (Å²) >= 11 is 0. The molecule has 1 heterocycles. The molecule has 0 atom stereocenters. The quantitative estimate of drug-likeness (QED) is 0.303. The predicted molar refractivity (Wildman–Crippen MR) is 128 cm³/mol. The second kappa shape index (κ2) is 11.5. The standard InChI is InChI=1S/C14H12.C13H9F3N2O2/c1-3-7-13(8-4-1)11-12-14-9-5-2-6-10-14;14-13(15,16)8-3-1-4-9(7-8)18-11-10(12(19)20)5-2-6-17-11/h1-12H;1-7H,(H,17,18)(H,19,20). The number of carboxylic acid groups (broad SMARTS) is 1. The van der Waals surface area contributed by atoms with Gasteiger partial charge in [-0.3, -0.25) is 0 Å². The Morgan fingerprint density at radius 1 is 0.794 bits per heavy atom. The fourth-order valence-electron chi connectivity index (χ4n) is 2.91. The van der Waals surface area contributed by atoms with Crippen LogP contribution in [-0.2, 0) is 6.18 Å². The third-order valence-corrected chi connectivity index (χ3v) is 4.56. The van der Waals surface area contributed by atoms with Crippen LogP contribution in [0.4, 0.5) is 24.7 Å². The minimum Gasteiger partial charge on any atom is -0.478 e. The van der Waals surface area contributed by atoms with Crippen molar-refractivity contribution in [2.75, 3.05) is 5.32 Å². The van der Waals surface area contributed by atoms with Gasteiger partial charge in [-0.15, -0.1) is 0 Å². The molecule has 172 valence electrons. The lowest BCUT2D eigenvalue weighted by Crippen LogP contribution is -2.07. The maximum atomic E-state index is 12.6. The van der Waals surface area contributed by atoms with E-state index >= 15 is 0 Å². The van der Waals surface area contributed by atoms with Crippen molar-refractivity contribution < 1.29 is 23.1 Å². The number of pyridine rings is 1. The maximum absolute atomic E-state index is 12.6. The third kappa shape index (κ3) is 7.34. The predicted octanol–water partition coefficient (Wildman–Crippen LogP) is 7.40. The highest BCUT2D eigenvalue weighted by molar-refractivity contribution is 5.93. The molecule has 34 heavy (non-hydrogen) atoms. The molecule has 0 radical (unpaired) electrons. The number of aromatic nitrogens is 1. The molecule has 0 fully saturated rings. The minimum absolute atomic E-state index is 0.0145. The molecule has 0 amide bonds. The van der Waals surface area contributed by atoms with Gasteiger partial charge in [-0.05, 0) is 41.5 Å². The number of alkyl halides is 3. The summed E-state index contributed by atoms with van der Waals surface area (Å²) < 4.78 is 37.7. The van der Waals surface area contributed by atoms with Crippen molar-refractivity contribution in [2.24, 2.45) is 0 Å². The van der Waals surface area contributed by atoms with Crippen LogP contribution in [0.15, 0.2) is 103 Å². The number of aromatic carboxylic acids is 1. The average molecular weight is 462 g/mol. The van der Waals surface area contributed by atoms with E-state index in [1.807, 2.05) is 36.4 Å². The molecule has 0 unspecified atom stereocenters. The molecule has 4 aromatic rings. The smallest absolute Gasteiger partial charge is 0.416 e. The minimum atomic E-state index is -4.46. The first-order chi connectivity index (χ1) is 16.3. The molecule has 1 aromatic heterocycles. The molecule has 0 bridgehead atoms. The van der Waals surface area contributed by atoms with Gasteiger partial charge >= 0.3 is 12.1 Å². The number of hydrogen-bond donors (Lipinski definition) is 2. The lowest BCUT2D eigenvalue weighted by Gasteiger charge is -2.11. The first-order valence-corrected chi connectivity index (χ1v) is 10.2. The summed E-state index contributed by atoms with van der Waals surface area (Å²) in [5, 5.41) is 11.5. The highest BCUT2D eigenvalue weighted by atomic mass is 19.4. The van der Waals surface area contributed by atoms with E-state index in [4.69, 9.17) is 5.11 Å². The van der Waals surface area contributed by atoms with Gasteiger partial charge in [0.05, 0.1) is 5.56 Å². The molecule has 0 aliphatic carbocycles. The number of nitrogens with zero attached hydrogens (tertiary/aromatic N) is 1. The molecule has 0 saturated carbocycles. The van der Waals surface area contributed by atoms with Crippen LogP contribution < -0.4 is 5.32 Å². The molecular weight excluding hydrogens is 441 g/mol. The molecule has 3 aromatic carbocycles. The molecule has 2 N–H and O–H groups in total. The monoisotopic (exact) mass is 462 g/mol. The van der Waals surface area contributed by atoms with Crippen molar-refractivity contribution in [2.45, 2.75) is 6.18 Å². The van der Waals surface area contributed by atoms with Gasteiger partial charge in [-0.2, -0.15) is 13.2 Å². The van der Waals surface area contributed by atoms with Gasteiger partial charge in [-0.1, -0.05) is 78.9 Å². The number of nitrogens with one attached hydrogen (secondary N) is 1. The van der Waals surface area contributed by atoms with Crippen molar-refractivity contribution in [1.29, 1.82) is 0 Å². The second-order valence-corrected chi connectivity index (χ2v) is 7.06. The summed E-state index contributed by atoms with van der Waals surface area (Å²) in [5.41, 5.74) is 1.63. The van der Waals surface area contributed by atoms with E-state index < -0.39 is 17.7 Å². The number of anilines is 2. The van der Waals surface area contributed by atoms with Gasteiger partial charge in [0.2, 0.25) is 0 Å². The summed E-state index contributed by atoms with van der Waals surface area (Å²) in [4.78, 5) is 14.8. The third-order valence-electron chi connectivity index (χ3n) is 4.56. The van der Waals surface area contributed by atoms with Gasteiger partial charge in [-0.25, -0.2) is 9.78 Å². The molecule has 4 nitrogen and oxygen atoms in total. The van der Waals surface area contributed by atoms with Crippen molar-refractivity contribution in [3.05, 3.63) is 126 Å². The fourth-order valence-corrected chi connectivity index (χ4v) is 2.91. The number of hydrogen-bond acceptors (Lipinski definition) is 3. The van der Waals surface area contributed by atoms with Crippen LogP contribution in [0.1, 0.15) is 27.0 Å². The van der Waals surface area contributed by atoms with E-state index in [2.05, 4.69) is 46.7 Å². The van der Waals surface area contributed by atoms with E-state index in [9.17, 15) is 18.0 Å². The summed E-state index contributed by atoms with van der Waals surface area (Å²) in [5.74, 6) is -1.23. The Morgan fingerprint density at radius 3 is 1.91 bits per heavy atom. The molecule has 0 aliphatic heterocycles. The molecule has 0 aliphatic rings. The van der Waals surface area contributed by atoms with E-state index in [1.165, 1.54) is 41.6 Å². The average Bonchev–Trinajstić information content (AvgIpc) is 2.84. The van der Waals surface area contributed by atoms with E-state index in [1.54, 1.807) is 0 Å². The number of halogens is 3. The number of carboxylic acids is 1. The zero-order chi connectivity index (χ0) is 24.4. The normalized spacial score (nSPS) is 10.9. The Labute approximate surface area is 195 Å². The summed E-state index contributed by atoms with van der Waals surface area (Å²) in [6.45, 7) is 0. The highest BCUT2D eigenvalue weighted by Crippen LogP contribution is 2.31. The SMILES string of the molecule is C(=Cc1ccccc1)c1ccccc1.O=C(O)c1cccnc1Nc1cccc(C(F)(F)F)c1. The van der Waals surface area contributed by atoms with Gasteiger partial charge in [0.25, 0.3) is 0 Å². The van der Waals surface area contributed by atoms with Gasteiger partial charge in [0.1, 0.15) is 11.4 Å². The second-order valence-electron chi connectivity index (χ2n) is 7.06. The van der Waals surface area contributed by atoms with E-state index in [-0.39, 0.29) is 17.1 Å². The van der Waals surface area contributed by atoms with Gasteiger partial charge in [0.15, 0.2) is 0 Å². The van der Waals surface area contributed by atoms with Crippen LogP contribution >= 0.6 is 0 Å².